The molecule has 0 amide bonds. The molecule has 0 bridgehead atoms. The van der Waals surface area contributed by atoms with Gasteiger partial charge in [-0.05, 0) is 0 Å². The molecule has 0 unspecified atom stereocenters. The number of benzene rings is 6. The van der Waals surface area contributed by atoms with Crippen molar-refractivity contribution >= 4 is 76.9 Å². The van der Waals surface area contributed by atoms with Crippen LogP contribution in [0.3, 0.4) is 0 Å². The van der Waals surface area contributed by atoms with Gasteiger partial charge in [0.1, 0.15) is 0 Å². The van der Waals surface area contributed by atoms with Gasteiger partial charge in [0, 0.05) is 0 Å². The first-order valence-corrected chi connectivity index (χ1v) is 11.6. The van der Waals surface area contributed by atoms with Gasteiger partial charge in [0.05, 0.1) is 0 Å². The van der Waals surface area contributed by atoms with Crippen LogP contribution in [0.4, 0.5) is 0 Å². The molecule has 0 fully saturated rings. The van der Waals surface area contributed by atoms with Gasteiger partial charge in [0.25, 0.3) is 0 Å². The Balaban J connectivity index is 1.59. The second-order valence-corrected chi connectivity index (χ2v) is 10.2. The zero-order chi connectivity index (χ0) is 18.9. The van der Waals surface area contributed by atoms with Crippen LogP contribution in [0.2, 0.25) is 0 Å². The zero-order valence-corrected chi connectivity index (χ0v) is 17.4. The van der Waals surface area contributed by atoms with Crippen LogP contribution in [0, 0.1) is 0 Å². The van der Waals surface area contributed by atoms with Gasteiger partial charge in [-0.3, -0.25) is 0 Å². The van der Waals surface area contributed by atoms with Crippen molar-refractivity contribution in [3.63, 3.8) is 0 Å². The summed E-state index contributed by atoms with van der Waals surface area (Å²) in [6.07, 6.45) is 0. The van der Waals surface area contributed by atoms with Crippen molar-refractivity contribution in [1.82, 2.24) is 0 Å². The summed E-state index contributed by atoms with van der Waals surface area (Å²) >= 11 is 0.365. The summed E-state index contributed by atoms with van der Waals surface area (Å²) in [5.74, 6) is 0. The summed E-state index contributed by atoms with van der Waals surface area (Å²) in [7, 11) is 0. The molecule has 0 spiro atoms. The van der Waals surface area contributed by atoms with Crippen LogP contribution in [0.1, 0.15) is 0 Å². The fourth-order valence-electron chi connectivity index (χ4n) is 4.65. The van der Waals surface area contributed by atoms with E-state index in [1.165, 1.54) is 62.4 Å². The van der Waals surface area contributed by atoms with E-state index in [1.54, 1.807) is 0 Å². The molecule has 7 aromatic rings. The molecule has 0 N–H and O–H groups in total. The van der Waals surface area contributed by atoms with Crippen LogP contribution in [-0.2, 0) is 0 Å². The molecule has 0 radical (unpaired) electrons. The number of hydrogen-bond donors (Lipinski definition) is 0. The monoisotopic (exact) mass is 432 g/mol. The molecule has 29 heavy (non-hydrogen) atoms. The van der Waals surface area contributed by atoms with Crippen LogP contribution >= 0.6 is 0 Å². The maximum atomic E-state index is 2.43. The minimum absolute atomic E-state index is 0.365. The predicted octanol–water partition coefficient (Wildman–Crippen LogP) is 7.66. The number of hydrogen-bond acceptors (Lipinski definition) is 0. The van der Waals surface area contributed by atoms with Crippen molar-refractivity contribution in [2.24, 2.45) is 0 Å². The van der Waals surface area contributed by atoms with Gasteiger partial charge < -0.3 is 0 Å². The molecule has 1 heteroatoms. The molecule has 1 heterocycles. The third kappa shape index (κ3) is 2.32. The zero-order valence-electron chi connectivity index (χ0n) is 15.6. The van der Waals surface area contributed by atoms with Gasteiger partial charge in [-0.2, -0.15) is 0 Å². The van der Waals surface area contributed by atoms with Gasteiger partial charge in [-0.1, -0.05) is 0 Å². The Bertz CT molecular complexity index is 1620. The van der Waals surface area contributed by atoms with E-state index < -0.39 is 0 Å². The molecular formula is C28H16Se. The van der Waals surface area contributed by atoms with Gasteiger partial charge in [0.15, 0.2) is 0 Å². The third-order valence-corrected chi connectivity index (χ3v) is 8.46. The van der Waals surface area contributed by atoms with E-state index in [0.29, 0.717) is 14.5 Å². The summed E-state index contributed by atoms with van der Waals surface area (Å²) in [4.78, 5) is 0. The molecule has 0 aliphatic heterocycles. The van der Waals surface area contributed by atoms with Crippen LogP contribution < -0.4 is 0 Å². The Labute approximate surface area is 173 Å². The Morgan fingerprint density at radius 1 is 0.345 bits per heavy atom. The van der Waals surface area contributed by atoms with Crippen LogP contribution in [0.15, 0.2) is 97.1 Å². The number of rotatable bonds is 0. The molecule has 0 nitrogen and oxygen atoms in total. The van der Waals surface area contributed by atoms with Crippen molar-refractivity contribution in [3.05, 3.63) is 97.1 Å². The molecular weight excluding hydrogens is 415 g/mol. The van der Waals surface area contributed by atoms with E-state index in [4.69, 9.17) is 0 Å². The van der Waals surface area contributed by atoms with Gasteiger partial charge in [-0.25, -0.2) is 0 Å². The first-order chi connectivity index (χ1) is 14.3. The molecule has 7 rings (SSSR count). The average molecular weight is 431 g/mol. The third-order valence-electron chi connectivity index (χ3n) is 6.12. The van der Waals surface area contributed by atoms with Crippen molar-refractivity contribution < 1.29 is 0 Å². The second-order valence-electron chi connectivity index (χ2n) is 7.89. The Hall–Kier alpha value is -3.12. The Kier molecular flexibility index (Phi) is 3.10. The quantitative estimate of drug-likeness (QED) is 0.171. The van der Waals surface area contributed by atoms with E-state index in [0.717, 1.165) is 0 Å². The SMILES string of the molecule is c1ccc2cc3cc4c(cc3cc2c1)[se]c1cc2cc3ccccc3cc2cc14. The molecule has 0 aliphatic carbocycles. The van der Waals surface area contributed by atoms with Gasteiger partial charge in [0.2, 0.25) is 0 Å². The van der Waals surface area contributed by atoms with E-state index in [2.05, 4.69) is 97.1 Å². The van der Waals surface area contributed by atoms with Crippen LogP contribution in [0.5, 0.6) is 0 Å². The summed E-state index contributed by atoms with van der Waals surface area (Å²) in [5.41, 5.74) is 0. The van der Waals surface area contributed by atoms with Crippen molar-refractivity contribution in [2.45, 2.75) is 0 Å². The first-order valence-electron chi connectivity index (χ1n) is 9.93. The Morgan fingerprint density at radius 2 is 0.690 bits per heavy atom. The van der Waals surface area contributed by atoms with Crippen LogP contribution in [-0.4, -0.2) is 14.5 Å². The second kappa shape index (κ2) is 5.70. The Morgan fingerprint density at radius 3 is 1.07 bits per heavy atom. The fourth-order valence-corrected chi connectivity index (χ4v) is 7.10. The molecule has 6 aromatic carbocycles. The molecule has 0 aliphatic rings. The average Bonchev–Trinajstić information content (AvgIpc) is 3.09. The van der Waals surface area contributed by atoms with Gasteiger partial charge >= 0.3 is 174 Å². The number of fused-ring (bicyclic) bond motifs is 7. The summed E-state index contributed by atoms with van der Waals surface area (Å²) in [6.45, 7) is 0. The first kappa shape index (κ1) is 15.8. The fraction of sp³-hybridized carbons (Fsp3) is 0. The van der Waals surface area contributed by atoms with E-state index in [9.17, 15) is 0 Å². The standard InChI is InChI=1S/C28H16Se/c1-3-7-19-11-23-15-27-25(13-21(23)9-17(19)5-1)26-14-22-10-18-6-2-4-8-20(18)12-24(22)16-28(26)29-27/h1-16H. The summed E-state index contributed by atoms with van der Waals surface area (Å²) < 4.78 is 3.02. The maximum absolute atomic E-state index is 2.43. The van der Waals surface area contributed by atoms with E-state index >= 15 is 0 Å². The van der Waals surface area contributed by atoms with E-state index in [-0.39, 0.29) is 0 Å². The molecule has 1 aromatic heterocycles. The molecule has 0 saturated heterocycles. The summed E-state index contributed by atoms with van der Waals surface area (Å²) in [5, 5.41) is 13.5. The van der Waals surface area contributed by atoms with Crippen molar-refractivity contribution in [2.75, 3.05) is 0 Å². The van der Waals surface area contributed by atoms with E-state index in [1.807, 2.05) is 0 Å². The predicted molar refractivity (Wildman–Crippen MR) is 128 cm³/mol. The molecule has 134 valence electrons. The molecule has 0 atom stereocenters. The minimum atomic E-state index is 0.365. The topological polar surface area (TPSA) is 0 Å². The van der Waals surface area contributed by atoms with Gasteiger partial charge in [-0.15, -0.1) is 0 Å². The van der Waals surface area contributed by atoms with Crippen LogP contribution in [0.25, 0.3) is 62.4 Å². The van der Waals surface area contributed by atoms with Crippen molar-refractivity contribution in [3.8, 4) is 0 Å². The summed E-state index contributed by atoms with van der Waals surface area (Å²) in [6, 6.07) is 36.4. The normalized spacial score (nSPS) is 12.1. The van der Waals surface area contributed by atoms with Crippen molar-refractivity contribution in [1.29, 1.82) is 0 Å². The molecule has 0 saturated carbocycles.